The normalized spacial score (nSPS) is 14.8. The molecule has 0 aliphatic rings. The summed E-state index contributed by atoms with van der Waals surface area (Å²) in [7, 11) is -4.64. The number of carboxylic acid groups (broad SMARTS) is 1. The van der Waals surface area contributed by atoms with Crippen molar-refractivity contribution in [3.05, 3.63) is 85.1 Å². The fourth-order valence-electron chi connectivity index (χ4n) is 5.14. The van der Waals surface area contributed by atoms with Gasteiger partial charge in [-0.05, 0) is 83.5 Å². The van der Waals surface area contributed by atoms with Gasteiger partial charge in [-0.2, -0.15) is 0 Å². The lowest BCUT2D eigenvalue weighted by molar-refractivity contribution is -0.154. The van der Waals surface area contributed by atoms with E-state index < -0.39 is 45.1 Å². The monoisotopic (exact) mass is 806 g/mol. The van der Waals surface area contributed by atoms with E-state index in [0.29, 0.717) is 19.4 Å². The molecule has 11 heteroatoms. The molecule has 56 heavy (non-hydrogen) atoms. The van der Waals surface area contributed by atoms with Gasteiger partial charge in [-0.15, -0.1) is 0 Å². The van der Waals surface area contributed by atoms with Crippen molar-refractivity contribution in [3.63, 3.8) is 0 Å². The molecule has 0 spiro atoms. The van der Waals surface area contributed by atoms with Crippen molar-refractivity contribution in [3.8, 4) is 0 Å². The van der Waals surface area contributed by atoms with E-state index in [1.165, 1.54) is 44.9 Å². The van der Waals surface area contributed by atoms with Crippen LogP contribution in [-0.4, -0.2) is 60.5 Å². The van der Waals surface area contributed by atoms with Crippen LogP contribution in [0.25, 0.3) is 0 Å². The van der Waals surface area contributed by atoms with Crippen molar-refractivity contribution < 1.29 is 42.7 Å². The molecule has 10 nitrogen and oxygen atoms in total. The fourth-order valence-corrected chi connectivity index (χ4v) is 5.92. The molecule has 0 aliphatic heterocycles. The summed E-state index contributed by atoms with van der Waals surface area (Å²) in [6.07, 6.45) is 50.7. The second-order valence-corrected chi connectivity index (χ2v) is 15.2. The predicted octanol–water partition coefficient (Wildman–Crippen LogP) is 11.6. The van der Waals surface area contributed by atoms with Gasteiger partial charge in [-0.25, -0.2) is 4.57 Å². The summed E-state index contributed by atoms with van der Waals surface area (Å²) >= 11 is 0. The van der Waals surface area contributed by atoms with E-state index in [1.807, 2.05) is 6.08 Å². The minimum atomic E-state index is -4.64. The van der Waals surface area contributed by atoms with Gasteiger partial charge < -0.3 is 25.2 Å². The number of carboxylic acids is 1. The number of nitrogens with two attached hydrogens (primary N) is 1. The Hall–Kier alpha value is -2.85. The highest BCUT2D eigenvalue weighted by Gasteiger charge is 2.27. The molecule has 0 saturated carbocycles. The minimum absolute atomic E-state index is 0.0183. The summed E-state index contributed by atoms with van der Waals surface area (Å²) in [4.78, 5) is 33.5. The Morgan fingerprint density at radius 3 is 1.55 bits per heavy atom. The van der Waals surface area contributed by atoms with E-state index in [4.69, 9.17) is 29.4 Å². The molecule has 0 bridgehead atoms. The summed E-state index contributed by atoms with van der Waals surface area (Å²) in [5, 5.41) is 8.89. The maximum Gasteiger partial charge on any atom is 0.472 e. The molecule has 0 aromatic rings. The van der Waals surface area contributed by atoms with Crippen LogP contribution in [0.15, 0.2) is 85.1 Å². The van der Waals surface area contributed by atoms with Crippen LogP contribution in [-0.2, 0) is 32.7 Å². The Kier molecular flexibility index (Phi) is 38.3. The van der Waals surface area contributed by atoms with Crippen LogP contribution in [0, 0.1) is 0 Å². The first-order chi connectivity index (χ1) is 27.2. The van der Waals surface area contributed by atoms with Crippen LogP contribution in [0.1, 0.15) is 149 Å². The molecule has 0 fully saturated rings. The SMILES string of the molecule is CC/C=C\C/C=C\C/C=C\C/C=C\C/C=C\CCCC(=O)OC(COCCCCCCCC/C=C\C/C=C\CCCCCC)COP(=O)(O)OCC(N)C(=O)O. The quantitative estimate of drug-likeness (QED) is 0.0237. The van der Waals surface area contributed by atoms with E-state index in [9.17, 15) is 19.0 Å². The average Bonchev–Trinajstić information content (AvgIpc) is 3.18. The molecule has 0 saturated heterocycles. The first-order valence-electron chi connectivity index (χ1n) is 21.1. The number of aliphatic carboxylic acids is 1. The van der Waals surface area contributed by atoms with Gasteiger partial charge in [-0.1, -0.05) is 144 Å². The molecule has 0 aromatic heterocycles. The lowest BCUT2D eigenvalue weighted by Gasteiger charge is -2.20. The number of ether oxygens (including phenoxy) is 2. The Morgan fingerprint density at radius 2 is 1.04 bits per heavy atom. The molecular formula is C45H76NO9P. The van der Waals surface area contributed by atoms with Crippen LogP contribution < -0.4 is 5.73 Å². The smallest absolute Gasteiger partial charge is 0.472 e. The number of phosphoric ester groups is 1. The third kappa shape index (κ3) is 39.4. The van der Waals surface area contributed by atoms with Gasteiger partial charge >= 0.3 is 19.8 Å². The highest BCUT2D eigenvalue weighted by molar-refractivity contribution is 7.47. The summed E-state index contributed by atoms with van der Waals surface area (Å²) in [5.74, 6) is -1.85. The topological polar surface area (TPSA) is 155 Å². The largest absolute Gasteiger partial charge is 0.480 e. The zero-order chi connectivity index (χ0) is 41.2. The van der Waals surface area contributed by atoms with Crippen molar-refractivity contribution in [1.29, 1.82) is 0 Å². The Bertz CT molecular complexity index is 1210. The maximum atomic E-state index is 12.6. The number of rotatable bonds is 39. The number of carbonyl (C=O) groups excluding carboxylic acids is 1. The van der Waals surface area contributed by atoms with Gasteiger partial charge in [0.05, 0.1) is 19.8 Å². The molecule has 0 amide bonds. The van der Waals surface area contributed by atoms with Crippen molar-refractivity contribution in [2.24, 2.45) is 5.73 Å². The standard InChI is InChI=1S/C45H76NO9P/c1-3-5-7-9-11-13-15-17-19-21-23-25-27-29-31-33-35-37-44(47)55-42(40-53-56(50,51)54-41-43(46)45(48)49)39-52-38-36-34-32-30-28-26-24-22-20-18-16-14-12-10-8-6-4-2/h5,7,11,13-14,16-17,19-20,22-23,25,29,31,42-43H,3-4,6,8-10,12,15,18,21,24,26-28,30,32-41,46H2,1-2H3,(H,48,49)(H,50,51)/b7-5-,13-11-,16-14-,19-17-,22-20-,25-23-,31-29-. The van der Waals surface area contributed by atoms with E-state index in [1.54, 1.807) is 0 Å². The summed E-state index contributed by atoms with van der Waals surface area (Å²) in [5.41, 5.74) is 5.35. The highest BCUT2D eigenvalue weighted by atomic mass is 31.2. The molecule has 3 unspecified atom stereocenters. The lowest BCUT2D eigenvalue weighted by atomic mass is 10.1. The third-order valence-corrected chi connectivity index (χ3v) is 9.36. The van der Waals surface area contributed by atoms with Gasteiger partial charge in [0.15, 0.2) is 0 Å². The highest BCUT2D eigenvalue weighted by Crippen LogP contribution is 2.43. The third-order valence-electron chi connectivity index (χ3n) is 8.41. The number of carbonyl (C=O) groups is 2. The van der Waals surface area contributed by atoms with Crippen molar-refractivity contribution in [2.75, 3.05) is 26.4 Å². The zero-order valence-corrected chi connectivity index (χ0v) is 35.6. The average molecular weight is 806 g/mol. The molecule has 0 radical (unpaired) electrons. The molecular weight excluding hydrogens is 729 g/mol. The number of esters is 1. The van der Waals surface area contributed by atoms with Crippen LogP contribution in [0.2, 0.25) is 0 Å². The molecule has 0 heterocycles. The van der Waals surface area contributed by atoms with E-state index in [0.717, 1.165) is 70.6 Å². The van der Waals surface area contributed by atoms with E-state index in [2.05, 4.69) is 92.8 Å². The number of hydrogen-bond donors (Lipinski definition) is 3. The maximum absolute atomic E-state index is 12.6. The molecule has 4 N–H and O–H groups in total. The van der Waals surface area contributed by atoms with Crippen molar-refractivity contribution in [1.82, 2.24) is 0 Å². The van der Waals surface area contributed by atoms with E-state index >= 15 is 0 Å². The van der Waals surface area contributed by atoms with Crippen molar-refractivity contribution >= 4 is 19.8 Å². The van der Waals surface area contributed by atoms with E-state index in [-0.39, 0.29) is 13.0 Å². The Balaban J connectivity index is 4.40. The van der Waals surface area contributed by atoms with Crippen LogP contribution in [0.3, 0.4) is 0 Å². The summed E-state index contributed by atoms with van der Waals surface area (Å²) in [6.45, 7) is 3.63. The summed E-state index contributed by atoms with van der Waals surface area (Å²) in [6, 6.07) is -1.49. The molecule has 0 aliphatic carbocycles. The zero-order valence-electron chi connectivity index (χ0n) is 34.7. The number of hydrogen-bond acceptors (Lipinski definition) is 8. The molecule has 3 atom stereocenters. The second-order valence-electron chi connectivity index (χ2n) is 13.7. The summed E-state index contributed by atoms with van der Waals surface area (Å²) < 4.78 is 33.2. The molecule has 320 valence electrons. The molecule has 0 rings (SSSR count). The Morgan fingerprint density at radius 1 is 0.589 bits per heavy atom. The minimum Gasteiger partial charge on any atom is -0.480 e. The van der Waals surface area contributed by atoms with Crippen LogP contribution >= 0.6 is 7.82 Å². The van der Waals surface area contributed by atoms with Gasteiger partial charge in [-0.3, -0.25) is 18.6 Å². The first-order valence-corrected chi connectivity index (χ1v) is 22.6. The van der Waals surface area contributed by atoms with Gasteiger partial charge in [0.25, 0.3) is 0 Å². The Labute approximate surface area is 339 Å². The van der Waals surface area contributed by atoms with Crippen molar-refractivity contribution in [2.45, 2.75) is 161 Å². The number of allylic oxidation sites excluding steroid dienone is 14. The van der Waals surface area contributed by atoms with Gasteiger partial charge in [0.2, 0.25) is 0 Å². The second kappa shape index (κ2) is 40.4. The van der Waals surface area contributed by atoms with Gasteiger partial charge in [0, 0.05) is 13.0 Å². The number of unbranched alkanes of at least 4 members (excludes halogenated alkanes) is 11. The van der Waals surface area contributed by atoms with Crippen LogP contribution in [0.5, 0.6) is 0 Å². The van der Waals surface area contributed by atoms with Gasteiger partial charge in [0.1, 0.15) is 12.1 Å². The first kappa shape index (κ1) is 53.1. The molecule has 0 aromatic carbocycles. The lowest BCUT2D eigenvalue weighted by Crippen LogP contribution is -2.34. The van der Waals surface area contributed by atoms with Crippen LogP contribution in [0.4, 0.5) is 0 Å². The number of phosphoric acid groups is 1. The predicted molar refractivity (Wildman–Crippen MR) is 230 cm³/mol. The fraction of sp³-hybridized carbons (Fsp3) is 0.644.